The Balaban J connectivity index is 1.64. The fourth-order valence-electron chi connectivity index (χ4n) is 4.10. The monoisotopic (exact) mass is 400 g/mol. The Morgan fingerprint density at radius 3 is 2.71 bits per heavy atom. The third-order valence-corrected chi connectivity index (χ3v) is 7.42. The molecule has 1 saturated heterocycles. The molecule has 0 bridgehead atoms. The van der Waals surface area contributed by atoms with E-state index in [4.69, 9.17) is 0 Å². The number of carbonyl (C=O) groups excluding carboxylic acids is 1. The van der Waals surface area contributed by atoms with E-state index in [-0.39, 0.29) is 23.5 Å². The molecular formula is C21H24N2O4S. The van der Waals surface area contributed by atoms with Crippen molar-refractivity contribution in [3.05, 3.63) is 59.7 Å². The zero-order valence-corrected chi connectivity index (χ0v) is 16.4. The van der Waals surface area contributed by atoms with Gasteiger partial charge in [-0.15, -0.1) is 0 Å². The number of para-hydroxylation sites is 1. The van der Waals surface area contributed by atoms with E-state index in [1.165, 1.54) is 16.4 Å². The quantitative estimate of drug-likeness (QED) is 0.855. The van der Waals surface area contributed by atoms with Gasteiger partial charge in [0.2, 0.25) is 0 Å². The number of benzene rings is 2. The predicted octanol–water partition coefficient (Wildman–Crippen LogP) is 2.43. The number of likely N-dealkylation sites (tertiary alicyclic amines) is 1. The van der Waals surface area contributed by atoms with Gasteiger partial charge in [0.15, 0.2) is 0 Å². The second kappa shape index (κ2) is 7.56. The largest absolute Gasteiger partial charge is 0.394 e. The van der Waals surface area contributed by atoms with Gasteiger partial charge in [0.1, 0.15) is 0 Å². The van der Waals surface area contributed by atoms with E-state index in [2.05, 4.69) is 0 Å². The van der Waals surface area contributed by atoms with E-state index in [1.807, 2.05) is 24.3 Å². The first kappa shape index (κ1) is 19.0. The van der Waals surface area contributed by atoms with Crippen LogP contribution in [0, 0.1) is 0 Å². The van der Waals surface area contributed by atoms with Crippen molar-refractivity contribution < 1.29 is 18.3 Å². The van der Waals surface area contributed by atoms with Crippen LogP contribution in [0.4, 0.5) is 5.69 Å². The van der Waals surface area contributed by atoms with Gasteiger partial charge in [-0.1, -0.05) is 24.3 Å². The molecule has 0 aliphatic carbocycles. The molecule has 1 atom stereocenters. The molecule has 0 saturated carbocycles. The Kier molecular flexibility index (Phi) is 5.12. The van der Waals surface area contributed by atoms with E-state index >= 15 is 0 Å². The van der Waals surface area contributed by atoms with Crippen molar-refractivity contribution in [2.24, 2.45) is 0 Å². The lowest BCUT2D eigenvalue weighted by atomic mass is 10.0. The molecular weight excluding hydrogens is 376 g/mol. The van der Waals surface area contributed by atoms with Crippen LogP contribution in [0.25, 0.3) is 0 Å². The number of carbonyl (C=O) groups is 1. The summed E-state index contributed by atoms with van der Waals surface area (Å²) < 4.78 is 27.9. The van der Waals surface area contributed by atoms with Crippen molar-refractivity contribution >= 4 is 21.6 Å². The smallest absolute Gasteiger partial charge is 0.264 e. The number of aliphatic hydroxyl groups is 1. The lowest BCUT2D eigenvalue weighted by Crippen LogP contribution is -2.45. The van der Waals surface area contributed by atoms with Crippen LogP contribution in [0.5, 0.6) is 0 Å². The Morgan fingerprint density at radius 2 is 1.89 bits per heavy atom. The van der Waals surface area contributed by atoms with Crippen molar-refractivity contribution in [3.8, 4) is 0 Å². The van der Waals surface area contributed by atoms with Crippen molar-refractivity contribution in [1.82, 2.24) is 4.90 Å². The van der Waals surface area contributed by atoms with Crippen LogP contribution in [0.3, 0.4) is 0 Å². The Hall–Kier alpha value is -2.38. The lowest BCUT2D eigenvalue weighted by Gasteiger charge is -2.34. The minimum absolute atomic E-state index is 0.0751. The lowest BCUT2D eigenvalue weighted by molar-refractivity contribution is 0.0503. The summed E-state index contributed by atoms with van der Waals surface area (Å²) in [4.78, 5) is 14.8. The van der Waals surface area contributed by atoms with Gasteiger partial charge in [-0.3, -0.25) is 9.10 Å². The third-order valence-electron chi connectivity index (χ3n) is 5.61. The molecule has 7 heteroatoms. The van der Waals surface area contributed by atoms with E-state index in [0.717, 1.165) is 24.8 Å². The second-order valence-electron chi connectivity index (χ2n) is 7.31. The summed E-state index contributed by atoms with van der Waals surface area (Å²) in [5, 5.41) is 9.58. The number of aliphatic hydroxyl groups excluding tert-OH is 1. The highest BCUT2D eigenvalue weighted by molar-refractivity contribution is 7.92. The topological polar surface area (TPSA) is 77.9 Å². The normalized spacial score (nSPS) is 19.5. The first-order chi connectivity index (χ1) is 13.5. The molecule has 0 radical (unpaired) electrons. The van der Waals surface area contributed by atoms with Gasteiger partial charge in [0.25, 0.3) is 15.9 Å². The maximum Gasteiger partial charge on any atom is 0.264 e. The van der Waals surface area contributed by atoms with Crippen LogP contribution in [0.15, 0.2) is 53.4 Å². The highest BCUT2D eigenvalue weighted by Crippen LogP contribution is 2.33. The van der Waals surface area contributed by atoms with Crippen molar-refractivity contribution in [1.29, 1.82) is 0 Å². The molecule has 2 heterocycles. The number of anilines is 1. The minimum Gasteiger partial charge on any atom is -0.394 e. The number of rotatable bonds is 4. The van der Waals surface area contributed by atoms with Crippen molar-refractivity contribution in [2.75, 3.05) is 24.0 Å². The van der Waals surface area contributed by atoms with Gasteiger partial charge in [0, 0.05) is 18.7 Å². The van der Waals surface area contributed by atoms with Gasteiger partial charge >= 0.3 is 0 Å². The molecule has 2 aromatic rings. The number of piperidine rings is 1. The number of sulfonamides is 1. The van der Waals surface area contributed by atoms with Crippen molar-refractivity contribution in [3.63, 3.8) is 0 Å². The maximum absolute atomic E-state index is 13.2. The van der Waals surface area contributed by atoms with Gasteiger partial charge in [0.05, 0.1) is 23.2 Å². The Labute approximate surface area is 165 Å². The van der Waals surface area contributed by atoms with Crippen molar-refractivity contribution in [2.45, 2.75) is 36.6 Å². The van der Waals surface area contributed by atoms with Gasteiger partial charge in [-0.05, 0) is 55.5 Å². The minimum atomic E-state index is -3.74. The molecule has 148 valence electrons. The molecule has 2 aliphatic rings. The molecule has 6 nitrogen and oxygen atoms in total. The molecule has 1 N–H and O–H groups in total. The summed E-state index contributed by atoms with van der Waals surface area (Å²) in [6.07, 6.45) is 3.33. The van der Waals surface area contributed by atoms with Crippen LogP contribution in [-0.4, -0.2) is 50.1 Å². The number of hydrogen-bond acceptors (Lipinski definition) is 4. The van der Waals surface area contributed by atoms with Gasteiger partial charge < -0.3 is 10.0 Å². The SMILES string of the molecule is O=C(c1cccc(S(=O)(=O)N2CCc3ccccc32)c1)N1CCCCC1CO. The molecule has 2 aromatic carbocycles. The van der Waals surface area contributed by atoms with E-state index in [9.17, 15) is 18.3 Å². The van der Waals surface area contributed by atoms with E-state index in [1.54, 1.807) is 17.0 Å². The van der Waals surface area contributed by atoms with E-state index in [0.29, 0.717) is 30.8 Å². The summed E-state index contributed by atoms with van der Waals surface area (Å²) >= 11 is 0. The molecule has 28 heavy (non-hydrogen) atoms. The molecule has 2 aliphatic heterocycles. The summed E-state index contributed by atoms with van der Waals surface area (Å²) in [5.41, 5.74) is 2.06. The Bertz CT molecular complexity index is 989. The van der Waals surface area contributed by atoms with Crippen LogP contribution in [0.1, 0.15) is 35.2 Å². The molecule has 0 aromatic heterocycles. The Morgan fingerprint density at radius 1 is 1.07 bits per heavy atom. The first-order valence-electron chi connectivity index (χ1n) is 9.65. The van der Waals surface area contributed by atoms with Gasteiger partial charge in [-0.2, -0.15) is 0 Å². The second-order valence-corrected chi connectivity index (χ2v) is 9.18. The fraction of sp³-hybridized carbons (Fsp3) is 0.381. The standard InChI is InChI=1S/C21H24N2O4S/c24-15-18-8-3-4-12-22(18)21(25)17-7-5-9-19(14-17)28(26,27)23-13-11-16-6-1-2-10-20(16)23/h1-2,5-7,9-10,14,18,24H,3-4,8,11-13,15H2. The van der Waals surface area contributed by atoms with Crippen LogP contribution in [-0.2, 0) is 16.4 Å². The zero-order valence-electron chi connectivity index (χ0n) is 15.6. The maximum atomic E-state index is 13.2. The average Bonchev–Trinajstić information content (AvgIpc) is 3.18. The number of nitrogens with zero attached hydrogens (tertiary/aromatic N) is 2. The summed E-state index contributed by atoms with van der Waals surface area (Å²) in [5.74, 6) is -0.224. The fourth-order valence-corrected chi connectivity index (χ4v) is 5.65. The number of hydrogen-bond donors (Lipinski definition) is 1. The zero-order chi connectivity index (χ0) is 19.7. The summed E-state index contributed by atoms with van der Waals surface area (Å²) in [6, 6.07) is 13.5. The molecule has 0 spiro atoms. The molecule has 4 rings (SSSR count). The summed E-state index contributed by atoms with van der Waals surface area (Å²) in [6.45, 7) is 0.910. The van der Waals surface area contributed by atoms with Crippen LogP contribution < -0.4 is 4.31 Å². The highest BCUT2D eigenvalue weighted by atomic mass is 32.2. The predicted molar refractivity (Wildman–Crippen MR) is 107 cm³/mol. The summed E-state index contributed by atoms with van der Waals surface area (Å²) in [7, 11) is -3.74. The van der Waals surface area contributed by atoms with E-state index < -0.39 is 10.0 Å². The average molecular weight is 401 g/mol. The van der Waals surface area contributed by atoms with Gasteiger partial charge in [-0.25, -0.2) is 8.42 Å². The molecule has 1 amide bonds. The van der Waals surface area contributed by atoms with Crippen LogP contribution >= 0.6 is 0 Å². The molecule has 1 fully saturated rings. The third kappa shape index (κ3) is 3.29. The molecule has 1 unspecified atom stereocenters. The number of fused-ring (bicyclic) bond motifs is 1. The highest BCUT2D eigenvalue weighted by Gasteiger charge is 2.32. The first-order valence-corrected chi connectivity index (χ1v) is 11.1. The number of amides is 1. The van der Waals surface area contributed by atoms with Crippen LogP contribution in [0.2, 0.25) is 0 Å².